The summed E-state index contributed by atoms with van der Waals surface area (Å²) in [4.78, 5) is 12.2. The maximum atomic E-state index is 12.2. The zero-order valence-corrected chi connectivity index (χ0v) is 16.8. The third-order valence-electron chi connectivity index (χ3n) is 4.66. The number of hydrogen-bond acceptors (Lipinski definition) is 6. The van der Waals surface area contributed by atoms with Crippen molar-refractivity contribution in [2.75, 3.05) is 12.1 Å². The molecule has 1 aliphatic rings. The number of nitrogens with one attached hydrogen (secondary N) is 1. The first-order valence-corrected chi connectivity index (χ1v) is 9.87. The molecule has 1 N–H and O–H groups in total. The van der Waals surface area contributed by atoms with Crippen LogP contribution in [0.2, 0.25) is 0 Å². The molecule has 0 radical (unpaired) electrons. The second-order valence-electron chi connectivity index (χ2n) is 6.88. The molecule has 2 aromatic carbocycles. The molecule has 2 aromatic heterocycles. The summed E-state index contributed by atoms with van der Waals surface area (Å²) in [5, 5.41) is 11.0. The second kappa shape index (κ2) is 8.65. The van der Waals surface area contributed by atoms with Gasteiger partial charge in [0.05, 0.1) is 0 Å². The van der Waals surface area contributed by atoms with Gasteiger partial charge in [-0.05, 0) is 66.2 Å². The van der Waals surface area contributed by atoms with Crippen molar-refractivity contribution >= 4 is 17.7 Å². The van der Waals surface area contributed by atoms with E-state index < -0.39 is 0 Å². The lowest BCUT2D eigenvalue weighted by atomic mass is 10.2. The SMILES string of the molecule is O=C(/C=C/c1ccc2c(c1)OCO2)Nc1ccc(Oc2ccc(-n3cccc3)nn2)cc1. The van der Waals surface area contributed by atoms with Crippen LogP contribution in [-0.4, -0.2) is 27.5 Å². The van der Waals surface area contributed by atoms with E-state index in [9.17, 15) is 4.79 Å². The lowest BCUT2D eigenvalue weighted by Crippen LogP contribution is -2.07. The van der Waals surface area contributed by atoms with Crippen molar-refractivity contribution in [2.45, 2.75) is 0 Å². The Morgan fingerprint density at radius 1 is 0.969 bits per heavy atom. The highest BCUT2D eigenvalue weighted by Crippen LogP contribution is 2.32. The highest BCUT2D eigenvalue weighted by molar-refractivity contribution is 6.02. The second-order valence-corrected chi connectivity index (χ2v) is 6.88. The van der Waals surface area contributed by atoms with E-state index in [2.05, 4.69) is 15.5 Å². The smallest absolute Gasteiger partial charge is 0.248 e. The summed E-state index contributed by atoms with van der Waals surface area (Å²) in [5.74, 6) is 2.80. The van der Waals surface area contributed by atoms with Gasteiger partial charge in [0.25, 0.3) is 0 Å². The van der Waals surface area contributed by atoms with E-state index in [1.54, 1.807) is 36.4 Å². The van der Waals surface area contributed by atoms with Crippen molar-refractivity contribution in [3.8, 4) is 28.9 Å². The number of rotatable bonds is 6. The molecule has 0 bridgehead atoms. The number of hydrogen-bond donors (Lipinski definition) is 1. The summed E-state index contributed by atoms with van der Waals surface area (Å²) in [6, 6.07) is 19.9. The number of amides is 1. The van der Waals surface area contributed by atoms with Crippen LogP contribution in [-0.2, 0) is 4.79 Å². The van der Waals surface area contributed by atoms with Gasteiger partial charge in [-0.2, -0.15) is 0 Å². The molecule has 0 fully saturated rings. The van der Waals surface area contributed by atoms with E-state index in [0.29, 0.717) is 34.6 Å². The Morgan fingerprint density at radius 2 is 1.78 bits per heavy atom. The molecule has 0 aliphatic carbocycles. The Balaban J connectivity index is 1.17. The molecule has 0 saturated carbocycles. The maximum absolute atomic E-state index is 12.2. The number of aromatic nitrogens is 3. The number of nitrogens with zero attached hydrogens (tertiary/aromatic N) is 3. The van der Waals surface area contributed by atoms with Crippen molar-refractivity contribution in [2.24, 2.45) is 0 Å². The van der Waals surface area contributed by atoms with Crippen LogP contribution < -0.4 is 19.5 Å². The van der Waals surface area contributed by atoms with Crippen LogP contribution in [0, 0.1) is 0 Å². The minimum atomic E-state index is -0.247. The monoisotopic (exact) mass is 426 g/mol. The number of carbonyl (C=O) groups excluding carboxylic acids is 1. The Kier molecular flexibility index (Phi) is 5.24. The molecule has 0 spiro atoms. The number of carbonyl (C=O) groups is 1. The Labute approximate surface area is 183 Å². The maximum Gasteiger partial charge on any atom is 0.248 e. The molecule has 4 aromatic rings. The van der Waals surface area contributed by atoms with Crippen LogP contribution in [0.5, 0.6) is 23.1 Å². The molecule has 0 atom stereocenters. The minimum absolute atomic E-state index is 0.217. The number of ether oxygens (including phenoxy) is 3. The van der Waals surface area contributed by atoms with Crippen LogP contribution in [0.3, 0.4) is 0 Å². The Bertz CT molecular complexity index is 1250. The third-order valence-corrected chi connectivity index (χ3v) is 4.66. The summed E-state index contributed by atoms with van der Waals surface area (Å²) in [7, 11) is 0. The van der Waals surface area contributed by atoms with Crippen LogP contribution >= 0.6 is 0 Å². The van der Waals surface area contributed by atoms with Gasteiger partial charge >= 0.3 is 0 Å². The summed E-state index contributed by atoms with van der Waals surface area (Å²) in [6.07, 6.45) is 6.96. The lowest BCUT2D eigenvalue weighted by Gasteiger charge is -2.07. The van der Waals surface area contributed by atoms with E-state index in [4.69, 9.17) is 14.2 Å². The fourth-order valence-electron chi connectivity index (χ4n) is 3.09. The molecule has 3 heterocycles. The number of benzene rings is 2. The van der Waals surface area contributed by atoms with E-state index >= 15 is 0 Å². The van der Waals surface area contributed by atoms with Crippen molar-refractivity contribution in [1.82, 2.24) is 14.8 Å². The molecule has 0 unspecified atom stereocenters. The van der Waals surface area contributed by atoms with Gasteiger partial charge in [0.2, 0.25) is 18.6 Å². The van der Waals surface area contributed by atoms with Gasteiger partial charge in [-0.1, -0.05) is 6.07 Å². The fraction of sp³-hybridized carbons (Fsp3) is 0.0417. The average Bonchev–Trinajstić information content (AvgIpc) is 3.51. The summed E-state index contributed by atoms with van der Waals surface area (Å²) < 4.78 is 18.2. The predicted molar refractivity (Wildman–Crippen MR) is 118 cm³/mol. The molecule has 1 amide bonds. The zero-order chi connectivity index (χ0) is 21.8. The Morgan fingerprint density at radius 3 is 2.56 bits per heavy atom. The highest BCUT2D eigenvalue weighted by atomic mass is 16.7. The van der Waals surface area contributed by atoms with Gasteiger partial charge in [-0.15, -0.1) is 10.2 Å². The van der Waals surface area contributed by atoms with Crippen molar-refractivity contribution in [3.63, 3.8) is 0 Å². The van der Waals surface area contributed by atoms with Crippen LogP contribution in [0.15, 0.2) is 85.2 Å². The normalized spacial score (nSPS) is 12.1. The van der Waals surface area contributed by atoms with Gasteiger partial charge in [-0.25, -0.2) is 0 Å². The summed E-state index contributed by atoms with van der Waals surface area (Å²) in [5.41, 5.74) is 1.49. The van der Waals surface area contributed by atoms with Gasteiger partial charge in [0, 0.05) is 30.2 Å². The van der Waals surface area contributed by atoms with E-state index in [-0.39, 0.29) is 12.7 Å². The predicted octanol–water partition coefficient (Wildman–Crippen LogP) is 4.44. The molecule has 5 rings (SSSR count). The molecular formula is C24H18N4O4. The molecule has 1 aliphatic heterocycles. The van der Waals surface area contributed by atoms with Crippen LogP contribution in [0.1, 0.15) is 5.56 Å². The summed E-state index contributed by atoms with van der Waals surface area (Å²) >= 11 is 0. The molecule has 158 valence electrons. The largest absolute Gasteiger partial charge is 0.454 e. The minimum Gasteiger partial charge on any atom is -0.454 e. The van der Waals surface area contributed by atoms with Gasteiger partial charge in [-0.3, -0.25) is 4.79 Å². The first-order valence-electron chi connectivity index (χ1n) is 9.87. The number of fused-ring (bicyclic) bond motifs is 1. The Hall–Kier alpha value is -4.59. The molecular weight excluding hydrogens is 408 g/mol. The zero-order valence-electron chi connectivity index (χ0n) is 16.8. The summed E-state index contributed by atoms with van der Waals surface area (Å²) in [6.45, 7) is 0.217. The van der Waals surface area contributed by atoms with Gasteiger partial charge < -0.3 is 24.1 Å². The van der Waals surface area contributed by atoms with E-state index in [0.717, 1.165) is 5.56 Å². The number of anilines is 1. The fourth-order valence-corrected chi connectivity index (χ4v) is 3.09. The first kappa shape index (κ1) is 19.4. The topological polar surface area (TPSA) is 87.5 Å². The molecule has 8 heteroatoms. The average molecular weight is 426 g/mol. The van der Waals surface area contributed by atoms with Gasteiger partial charge in [0.1, 0.15) is 5.75 Å². The van der Waals surface area contributed by atoms with Crippen molar-refractivity contribution < 1.29 is 19.0 Å². The molecule has 8 nitrogen and oxygen atoms in total. The first-order chi connectivity index (χ1) is 15.7. The molecule has 32 heavy (non-hydrogen) atoms. The van der Waals surface area contributed by atoms with E-state index in [1.807, 2.05) is 53.4 Å². The van der Waals surface area contributed by atoms with Crippen molar-refractivity contribution in [1.29, 1.82) is 0 Å². The van der Waals surface area contributed by atoms with E-state index in [1.165, 1.54) is 6.08 Å². The van der Waals surface area contributed by atoms with Crippen LogP contribution in [0.25, 0.3) is 11.9 Å². The van der Waals surface area contributed by atoms with Gasteiger partial charge in [0.15, 0.2) is 17.3 Å². The third kappa shape index (κ3) is 4.44. The van der Waals surface area contributed by atoms with Crippen molar-refractivity contribution in [3.05, 3.63) is 90.8 Å². The standard InChI is InChI=1S/C24H18N4O4/c29-23(11-4-17-3-9-20-21(15-17)31-16-30-20)25-18-5-7-19(8-6-18)32-24-12-10-22(26-27-24)28-13-1-2-14-28/h1-15H,16H2,(H,25,29)/b11-4+. The quantitative estimate of drug-likeness (QED) is 0.459. The lowest BCUT2D eigenvalue weighted by molar-refractivity contribution is -0.111. The molecule has 0 saturated heterocycles. The van der Waals surface area contributed by atoms with Crippen LogP contribution in [0.4, 0.5) is 5.69 Å². The highest BCUT2D eigenvalue weighted by Gasteiger charge is 2.12.